The van der Waals surface area contributed by atoms with E-state index in [2.05, 4.69) is 15.1 Å². The van der Waals surface area contributed by atoms with Crippen molar-refractivity contribution in [1.82, 2.24) is 19.6 Å². The fourth-order valence-corrected chi connectivity index (χ4v) is 2.20. The second-order valence-corrected chi connectivity index (χ2v) is 4.41. The number of hydrogen-bond acceptors (Lipinski definition) is 5. The molecule has 5 nitrogen and oxygen atoms in total. The van der Waals surface area contributed by atoms with Crippen LogP contribution < -0.4 is 0 Å². The Labute approximate surface area is 106 Å². The molecule has 17 heavy (non-hydrogen) atoms. The molecule has 7 heteroatoms. The molecule has 0 aliphatic heterocycles. The standard InChI is InChI=1S/C10H7ClN4OS/c1-17-10-12-7(11)5-8-13-9(14-15(8)10)6-3-2-4-16-6/h2-5H,1H3. The molecule has 3 aromatic rings. The third-order valence-electron chi connectivity index (χ3n) is 2.19. The normalized spacial score (nSPS) is 11.2. The van der Waals surface area contributed by atoms with E-state index in [-0.39, 0.29) is 0 Å². The van der Waals surface area contributed by atoms with Gasteiger partial charge in [-0.25, -0.2) is 9.97 Å². The van der Waals surface area contributed by atoms with Crippen molar-refractivity contribution in [1.29, 1.82) is 0 Å². The van der Waals surface area contributed by atoms with Gasteiger partial charge in [-0.1, -0.05) is 23.4 Å². The zero-order valence-corrected chi connectivity index (χ0v) is 10.4. The van der Waals surface area contributed by atoms with Gasteiger partial charge in [0.15, 0.2) is 16.6 Å². The summed E-state index contributed by atoms with van der Waals surface area (Å²) in [5, 5.41) is 5.43. The lowest BCUT2D eigenvalue weighted by molar-refractivity contribution is 0.576. The van der Waals surface area contributed by atoms with Crippen LogP contribution in [0.1, 0.15) is 0 Å². The van der Waals surface area contributed by atoms with Gasteiger partial charge < -0.3 is 4.42 Å². The van der Waals surface area contributed by atoms with E-state index in [1.165, 1.54) is 11.8 Å². The first-order valence-corrected chi connectivity index (χ1v) is 6.39. The van der Waals surface area contributed by atoms with Gasteiger partial charge in [-0.3, -0.25) is 0 Å². The van der Waals surface area contributed by atoms with Gasteiger partial charge in [0.05, 0.1) is 6.26 Å². The van der Waals surface area contributed by atoms with Crippen molar-refractivity contribution in [3.05, 3.63) is 29.6 Å². The van der Waals surface area contributed by atoms with Gasteiger partial charge in [0.1, 0.15) is 5.15 Å². The highest BCUT2D eigenvalue weighted by Crippen LogP contribution is 2.21. The van der Waals surface area contributed by atoms with Crippen LogP contribution in [0.2, 0.25) is 5.15 Å². The first-order valence-electron chi connectivity index (χ1n) is 4.79. The summed E-state index contributed by atoms with van der Waals surface area (Å²) < 4.78 is 6.90. The maximum atomic E-state index is 5.91. The molecule has 0 aliphatic rings. The number of furan rings is 1. The summed E-state index contributed by atoms with van der Waals surface area (Å²) in [6, 6.07) is 5.27. The topological polar surface area (TPSA) is 56.2 Å². The Bertz CT molecular complexity index is 664. The lowest BCUT2D eigenvalue weighted by Crippen LogP contribution is -1.95. The van der Waals surface area contributed by atoms with E-state index in [9.17, 15) is 0 Å². The fourth-order valence-electron chi connectivity index (χ4n) is 1.48. The average molecular weight is 267 g/mol. The van der Waals surface area contributed by atoms with Crippen molar-refractivity contribution in [2.24, 2.45) is 0 Å². The molecule has 86 valence electrons. The zero-order chi connectivity index (χ0) is 11.8. The highest BCUT2D eigenvalue weighted by Gasteiger charge is 2.12. The molecule has 0 saturated heterocycles. The minimum Gasteiger partial charge on any atom is -0.461 e. The molecule has 0 fully saturated rings. The molecule has 0 atom stereocenters. The van der Waals surface area contributed by atoms with Gasteiger partial charge in [-0.15, -0.1) is 5.10 Å². The molecule has 3 rings (SSSR count). The largest absolute Gasteiger partial charge is 0.461 e. The SMILES string of the molecule is CSc1nc(Cl)cc2nc(-c3ccco3)nn12. The number of rotatable bonds is 2. The first kappa shape index (κ1) is 10.6. The summed E-state index contributed by atoms with van der Waals surface area (Å²) >= 11 is 7.37. The quantitative estimate of drug-likeness (QED) is 0.406. The molecule has 0 bridgehead atoms. The zero-order valence-electron chi connectivity index (χ0n) is 8.79. The van der Waals surface area contributed by atoms with E-state index in [0.717, 1.165) is 0 Å². The fraction of sp³-hybridized carbons (Fsp3) is 0.100. The summed E-state index contributed by atoms with van der Waals surface area (Å²) in [6.07, 6.45) is 3.49. The number of aromatic nitrogens is 4. The van der Waals surface area contributed by atoms with E-state index in [1.807, 2.05) is 12.3 Å². The van der Waals surface area contributed by atoms with Crippen molar-refractivity contribution in [3.63, 3.8) is 0 Å². The smallest absolute Gasteiger partial charge is 0.217 e. The van der Waals surface area contributed by atoms with Crippen LogP contribution in [0.15, 0.2) is 34.0 Å². The molecular formula is C10H7ClN4OS. The van der Waals surface area contributed by atoms with Crippen LogP contribution in [0.4, 0.5) is 0 Å². The van der Waals surface area contributed by atoms with Crippen LogP contribution in [-0.2, 0) is 0 Å². The molecule has 3 heterocycles. The Kier molecular flexibility index (Phi) is 2.53. The molecule has 0 saturated carbocycles. The van der Waals surface area contributed by atoms with Crippen molar-refractivity contribution in [3.8, 4) is 11.6 Å². The van der Waals surface area contributed by atoms with Crippen molar-refractivity contribution < 1.29 is 4.42 Å². The molecule has 0 amide bonds. The number of hydrogen-bond donors (Lipinski definition) is 0. The van der Waals surface area contributed by atoms with Gasteiger partial charge in [-0.05, 0) is 18.4 Å². The predicted octanol–water partition coefficient (Wildman–Crippen LogP) is 2.76. The average Bonchev–Trinajstić information content (AvgIpc) is 2.95. The minimum atomic E-state index is 0.403. The summed E-state index contributed by atoms with van der Waals surface area (Å²) in [6.45, 7) is 0. The Morgan fingerprint density at radius 3 is 3.00 bits per heavy atom. The highest BCUT2D eigenvalue weighted by atomic mass is 35.5. The first-order chi connectivity index (χ1) is 8.28. The van der Waals surface area contributed by atoms with E-state index in [1.54, 1.807) is 22.9 Å². The Balaban J connectivity index is 2.25. The second-order valence-electron chi connectivity index (χ2n) is 3.25. The molecule has 0 spiro atoms. The molecule has 0 aliphatic carbocycles. The number of thioether (sulfide) groups is 1. The van der Waals surface area contributed by atoms with Crippen molar-refractivity contribution >= 4 is 29.0 Å². The summed E-state index contributed by atoms with van der Waals surface area (Å²) in [4.78, 5) is 8.52. The second kappa shape index (κ2) is 4.05. The summed E-state index contributed by atoms with van der Waals surface area (Å²) in [7, 11) is 0. The number of fused-ring (bicyclic) bond motifs is 1. The van der Waals surface area contributed by atoms with Crippen LogP contribution in [-0.4, -0.2) is 25.8 Å². The minimum absolute atomic E-state index is 0.403. The molecule has 3 aromatic heterocycles. The van der Waals surface area contributed by atoms with Gasteiger partial charge in [-0.2, -0.15) is 4.52 Å². The Hall–Kier alpha value is -1.53. The van der Waals surface area contributed by atoms with Crippen LogP contribution >= 0.6 is 23.4 Å². The summed E-state index contributed by atoms with van der Waals surface area (Å²) in [5.74, 6) is 1.14. The highest BCUT2D eigenvalue weighted by molar-refractivity contribution is 7.98. The van der Waals surface area contributed by atoms with Gasteiger partial charge in [0, 0.05) is 6.07 Å². The van der Waals surface area contributed by atoms with Gasteiger partial charge in [0.2, 0.25) is 5.82 Å². The third kappa shape index (κ3) is 1.79. The molecule has 0 unspecified atom stereocenters. The van der Waals surface area contributed by atoms with Crippen LogP contribution in [0.5, 0.6) is 0 Å². The van der Waals surface area contributed by atoms with Crippen LogP contribution in [0, 0.1) is 0 Å². The molecule has 0 radical (unpaired) electrons. The van der Waals surface area contributed by atoms with E-state index in [4.69, 9.17) is 16.0 Å². The van der Waals surface area contributed by atoms with Gasteiger partial charge in [0.25, 0.3) is 0 Å². The van der Waals surface area contributed by atoms with Crippen LogP contribution in [0.3, 0.4) is 0 Å². The van der Waals surface area contributed by atoms with E-state index < -0.39 is 0 Å². The predicted molar refractivity (Wildman–Crippen MR) is 65.3 cm³/mol. The Morgan fingerprint density at radius 2 is 2.29 bits per heavy atom. The lowest BCUT2D eigenvalue weighted by Gasteiger charge is -1.98. The molecular weight excluding hydrogens is 260 g/mol. The van der Waals surface area contributed by atoms with Crippen LogP contribution in [0.25, 0.3) is 17.2 Å². The lowest BCUT2D eigenvalue weighted by atomic mass is 10.4. The number of halogens is 1. The summed E-state index contributed by atoms with van der Waals surface area (Å²) in [5.41, 5.74) is 0.653. The number of nitrogens with zero attached hydrogens (tertiary/aromatic N) is 4. The maximum absolute atomic E-state index is 5.91. The van der Waals surface area contributed by atoms with E-state index >= 15 is 0 Å². The van der Waals surface area contributed by atoms with Gasteiger partial charge >= 0.3 is 0 Å². The van der Waals surface area contributed by atoms with E-state index in [0.29, 0.717) is 27.5 Å². The maximum Gasteiger partial charge on any atom is 0.217 e. The van der Waals surface area contributed by atoms with Crippen molar-refractivity contribution in [2.75, 3.05) is 6.26 Å². The Morgan fingerprint density at radius 1 is 1.41 bits per heavy atom. The molecule has 0 aromatic carbocycles. The van der Waals surface area contributed by atoms with Crippen molar-refractivity contribution in [2.45, 2.75) is 5.16 Å². The molecule has 0 N–H and O–H groups in total. The third-order valence-corrected chi connectivity index (χ3v) is 3.01. The monoisotopic (exact) mass is 266 g/mol.